The Morgan fingerprint density at radius 1 is 1.18 bits per heavy atom. The van der Waals surface area contributed by atoms with Crippen LogP contribution in [0.25, 0.3) is 0 Å². The SMILES string of the molecule is Cc1cccc(OC2CCN(C(=O)c3ccncc3)CC2)c1. The Bertz CT molecular complexity index is 635. The Kier molecular flexibility index (Phi) is 4.37. The predicted molar refractivity (Wildman–Crippen MR) is 85.0 cm³/mol. The summed E-state index contributed by atoms with van der Waals surface area (Å²) in [7, 11) is 0. The van der Waals surface area contributed by atoms with Gasteiger partial charge in [0.25, 0.3) is 5.91 Å². The van der Waals surface area contributed by atoms with Gasteiger partial charge in [-0.2, -0.15) is 0 Å². The van der Waals surface area contributed by atoms with Gasteiger partial charge in [0.05, 0.1) is 0 Å². The summed E-state index contributed by atoms with van der Waals surface area (Å²) in [5, 5.41) is 0. The third-order valence-corrected chi connectivity index (χ3v) is 3.95. The number of hydrogen-bond acceptors (Lipinski definition) is 3. The zero-order valence-electron chi connectivity index (χ0n) is 12.7. The van der Waals surface area contributed by atoms with Crippen LogP contribution in [0.4, 0.5) is 0 Å². The molecule has 1 aliphatic heterocycles. The van der Waals surface area contributed by atoms with Gasteiger partial charge in [-0.1, -0.05) is 12.1 Å². The van der Waals surface area contributed by atoms with Crippen LogP contribution in [0, 0.1) is 6.92 Å². The minimum absolute atomic E-state index is 0.0800. The van der Waals surface area contributed by atoms with Gasteiger partial charge in [-0.25, -0.2) is 0 Å². The molecule has 0 spiro atoms. The summed E-state index contributed by atoms with van der Waals surface area (Å²) in [6.45, 7) is 3.53. The van der Waals surface area contributed by atoms with Crippen molar-refractivity contribution in [3.63, 3.8) is 0 Å². The number of aromatic nitrogens is 1. The molecule has 0 bridgehead atoms. The molecule has 2 aromatic rings. The van der Waals surface area contributed by atoms with Crippen LogP contribution >= 0.6 is 0 Å². The van der Waals surface area contributed by atoms with Crippen molar-refractivity contribution in [2.24, 2.45) is 0 Å². The fraction of sp³-hybridized carbons (Fsp3) is 0.333. The van der Waals surface area contributed by atoms with Crippen molar-refractivity contribution in [1.29, 1.82) is 0 Å². The van der Waals surface area contributed by atoms with Crippen LogP contribution in [0.2, 0.25) is 0 Å². The molecule has 2 heterocycles. The summed E-state index contributed by atoms with van der Waals surface area (Å²) in [5.41, 5.74) is 1.90. The van der Waals surface area contributed by atoms with E-state index in [4.69, 9.17) is 4.74 Å². The van der Waals surface area contributed by atoms with Crippen LogP contribution < -0.4 is 4.74 Å². The molecule has 1 aromatic heterocycles. The van der Waals surface area contributed by atoms with E-state index >= 15 is 0 Å². The van der Waals surface area contributed by atoms with Gasteiger partial charge < -0.3 is 9.64 Å². The minimum Gasteiger partial charge on any atom is -0.490 e. The second kappa shape index (κ2) is 6.60. The summed E-state index contributed by atoms with van der Waals surface area (Å²) < 4.78 is 6.02. The lowest BCUT2D eigenvalue weighted by Crippen LogP contribution is -2.41. The number of nitrogens with zero attached hydrogens (tertiary/aromatic N) is 2. The van der Waals surface area contributed by atoms with Crippen molar-refractivity contribution in [3.05, 3.63) is 59.9 Å². The first-order chi connectivity index (χ1) is 10.7. The van der Waals surface area contributed by atoms with Gasteiger partial charge in [-0.3, -0.25) is 9.78 Å². The van der Waals surface area contributed by atoms with Crippen molar-refractivity contribution >= 4 is 5.91 Å². The zero-order chi connectivity index (χ0) is 15.4. The Balaban J connectivity index is 1.55. The Labute approximate surface area is 130 Å². The number of hydrogen-bond donors (Lipinski definition) is 0. The second-order valence-corrected chi connectivity index (χ2v) is 5.66. The van der Waals surface area contributed by atoms with Crippen LogP contribution in [-0.4, -0.2) is 35.0 Å². The largest absolute Gasteiger partial charge is 0.490 e. The number of amides is 1. The predicted octanol–water partition coefficient (Wildman–Crippen LogP) is 3.07. The van der Waals surface area contributed by atoms with E-state index in [2.05, 4.69) is 24.0 Å². The molecule has 1 saturated heterocycles. The second-order valence-electron chi connectivity index (χ2n) is 5.66. The van der Waals surface area contributed by atoms with Crippen LogP contribution in [0.3, 0.4) is 0 Å². The Morgan fingerprint density at radius 2 is 1.91 bits per heavy atom. The van der Waals surface area contributed by atoms with E-state index in [9.17, 15) is 4.79 Å². The lowest BCUT2D eigenvalue weighted by atomic mass is 10.1. The quantitative estimate of drug-likeness (QED) is 0.874. The van der Waals surface area contributed by atoms with Crippen molar-refractivity contribution in [1.82, 2.24) is 9.88 Å². The molecule has 0 radical (unpaired) electrons. The van der Waals surface area contributed by atoms with E-state index in [0.717, 1.165) is 31.7 Å². The molecule has 1 aromatic carbocycles. The number of likely N-dealkylation sites (tertiary alicyclic amines) is 1. The maximum Gasteiger partial charge on any atom is 0.253 e. The first-order valence-electron chi connectivity index (χ1n) is 7.65. The van der Waals surface area contributed by atoms with Crippen molar-refractivity contribution in [2.75, 3.05) is 13.1 Å². The summed E-state index contributed by atoms with van der Waals surface area (Å²) >= 11 is 0. The smallest absolute Gasteiger partial charge is 0.253 e. The highest BCUT2D eigenvalue weighted by Gasteiger charge is 2.24. The summed E-state index contributed by atoms with van der Waals surface area (Å²) in [6, 6.07) is 11.6. The van der Waals surface area contributed by atoms with E-state index in [0.29, 0.717) is 5.56 Å². The van der Waals surface area contributed by atoms with Crippen molar-refractivity contribution < 1.29 is 9.53 Å². The van der Waals surface area contributed by atoms with Gasteiger partial charge in [-0.15, -0.1) is 0 Å². The van der Waals surface area contributed by atoms with Gasteiger partial charge in [0.2, 0.25) is 0 Å². The number of carbonyl (C=O) groups is 1. The van der Waals surface area contributed by atoms with Crippen molar-refractivity contribution in [3.8, 4) is 5.75 Å². The molecule has 0 N–H and O–H groups in total. The highest BCUT2D eigenvalue weighted by molar-refractivity contribution is 5.94. The van der Waals surface area contributed by atoms with E-state index in [1.807, 2.05) is 17.0 Å². The average Bonchev–Trinajstić information content (AvgIpc) is 2.56. The molecule has 114 valence electrons. The maximum atomic E-state index is 12.4. The molecule has 0 unspecified atom stereocenters. The number of rotatable bonds is 3. The Morgan fingerprint density at radius 3 is 2.59 bits per heavy atom. The molecular weight excluding hydrogens is 276 g/mol. The average molecular weight is 296 g/mol. The van der Waals surface area contributed by atoms with Gasteiger partial charge in [-0.05, 0) is 36.8 Å². The van der Waals surface area contributed by atoms with Gasteiger partial charge in [0.1, 0.15) is 11.9 Å². The third-order valence-electron chi connectivity index (χ3n) is 3.95. The summed E-state index contributed by atoms with van der Waals surface area (Å²) in [4.78, 5) is 18.2. The topological polar surface area (TPSA) is 42.4 Å². The molecule has 0 atom stereocenters. The maximum absolute atomic E-state index is 12.4. The molecule has 1 amide bonds. The number of carbonyl (C=O) groups excluding carboxylic acids is 1. The zero-order valence-corrected chi connectivity index (χ0v) is 12.7. The molecule has 22 heavy (non-hydrogen) atoms. The minimum atomic E-state index is 0.0800. The monoisotopic (exact) mass is 296 g/mol. The van der Waals surface area contributed by atoms with E-state index in [1.165, 1.54) is 5.56 Å². The van der Waals surface area contributed by atoms with E-state index < -0.39 is 0 Å². The summed E-state index contributed by atoms with van der Waals surface area (Å²) in [5.74, 6) is 0.996. The van der Waals surface area contributed by atoms with E-state index in [1.54, 1.807) is 24.5 Å². The van der Waals surface area contributed by atoms with Crippen LogP contribution in [0.15, 0.2) is 48.8 Å². The normalized spacial score (nSPS) is 15.6. The fourth-order valence-electron chi connectivity index (χ4n) is 2.73. The first-order valence-corrected chi connectivity index (χ1v) is 7.65. The first kappa shape index (κ1) is 14.6. The third kappa shape index (κ3) is 3.45. The van der Waals surface area contributed by atoms with Gasteiger partial charge in [0.15, 0.2) is 0 Å². The number of aryl methyl sites for hydroxylation is 1. The lowest BCUT2D eigenvalue weighted by molar-refractivity contribution is 0.0595. The number of pyridine rings is 1. The van der Waals surface area contributed by atoms with E-state index in [-0.39, 0.29) is 12.0 Å². The van der Waals surface area contributed by atoms with Crippen LogP contribution in [0.1, 0.15) is 28.8 Å². The van der Waals surface area contributed by atoms with Crippen LogP contribution in [0.5, 0.6) is 5.75 Å². The molecule has 4 heteroatoms. The van der Waals surface area contributed by atoms with Crippen LogP contribution in [-0.2, 0) is 0 Å². The molecule has 1 fully saturated rings. The molecule has 4 nitrogen and oxygen atoms in total. The fourth-order valence-corrected chi connectivity index (χ4v) is 2.73. The number of ether oxygens (including phenoxy) is 1. The molecule has 1 aliphatic rings. The standard InChI is InChI=1S/C18H20N2O2/c1-14-3-2-4-17(13-14)22-16-7-11-20(12-8-16)18(21)15-5-9-19-10-6-15/h2-6,9-10,13,16H,7-8,11-12H2,1H3. The molecular formula is C18H20N2O2. The Hall–Kier alpha value is -2.36. The lowest BCUT2D eigenvalue weighted by Gasteiger charge is -2.32. The number of benzene rings is 1. The van der Waals surface area contributed by atoms with Gasteiger partial charge in [0, 0.05) is 43.9 Å². The number of piperidine rings is 1. The highest BCUT2D eigenvalue weighted by atomic mass is 16.5. The molecule has 0 saturated carbocycles. The molecule has 3 rings (SSSR count). The van der Waals surface area contributed by atoms with Gasteiger partial charge >= 0.3 is 0 Å². The van der Waals surface area contributed by atoms with Crippen molar-refractivity contribution in [2.45, 2.75) is 25.9 Å². The highest BCUT2D eigenvalue weighted by Crippen LogP contribution is 2.20. The summed E-state index contributed by atoms with van der Waals surface area (Å²) in [6.07, 6.45) is 5.22. The molecule has 0 aliphatic carbocycles.